The number of nitrogens with zero attached hydrogens (tertiary/aromatic N) is 3. The predicted molar refractivity (Wildman–Crippen MR) is 70.0 cm³/mol. The molecular formula is C14H9F2N3O2. The van der Waals surface area contributed by atoms with Gasteiger partial charge in [-0.25, -0.2) is 13.5 Å². The van der Waals surface area contributed by atoms with Gasteiger partial charge in [0, 0.05) is 17.7 Å². The molecule has 0 aliphatic carbocycles. The quantitative estimate of drug-likeness (QED) is 0.711. The highest BCUT2D eigenvalue weighted by Gasteiger charge is 2.11. The molecule has 3 rings (SSSR count). The average Bonchev–Trinajstić information content (AvgIpc) is 2.90. The fraction of sp³-hybridized carbons (Fsp3) is 0. The molecule has 0 bridgehead atoms. The molecule has 106 valence electrons. The molecular weight excluding hydrogens is 280 g/mol. The number of hydrogen-bond acceptors (Lipinski definition) is 4. The second kappa shape index (κ2) is 4.86. The maximum Gasteiger partial charge on any atom is 0.141 e. The lowest BCUT2D eigenvalue weighted by molar-refractivity contribution is 0.455. The Balaban J connectivity index is 2.05. The van der Waals surface area contributed by atoms with E-state index in [2.05, 4.69) is 10.3 Å². The van der Waals surface area contributed by atoms with Crippen molar-refractivity contribution in [2.75, 3.05) is 0 Å². The van der Waals surface area contributed by atoms with E-state index in [1.54, 1.807) is 0 Å². The molecule has 1 aromatic heterocycles. The van der Waals surface area contributed by atoms with E-state index < -0.39 is 11.6 Å². The zero-order valence-corrected chi connectivity index (χ0v) is 10.5. The van der Waals surface area contributed by atoms with E-state index in [0.29, 0.717) is 0 Å². The number of halogens is 2. The van der Waals surface area contributed by atoms with Crippen molar-refractivity contribution in [3.63, 3.8) is 0 Å². The number of rotatable bonds is 2. The van der Waals surface area contributed by atoms with Gasteiger partial charge >= 0.3 is 0 Å². The van der Waals surface area contributed by atoms with Crippen LogP contribution in [0.3, 0.4) is 0 Å². The minimum Gasteiger partial charge on any atom is -0.508 e. The molecule has 0 saturated carbocycles. The summed E-state index contributed by atoms with van der Waals surface area (Å²) in [5, 5.41) is 26.7. The molecule has 0 spiro atoms. The lowest BCUT2D eigenvalue weighted by Gasteiger charge is -2.03. The minimum atomic E-state index is -0.722. The molecule has 5 nitrogen and oxygen atoms in total. The van der Waals surface area contributed by atoms with Gasteiger partial charge in [-0.15, -0.1) is 5.10 Å². The molecule has 0 aliphatic heterocycles. The van der Waals surface area contributed by atoms with Gasteiger partial charge in [0.25, 0.3) is 0 Å². The summed E-state index contributed by atoms with van der Waals surface area (Å²) < 4.78 is 27.6. The Bertz CT molecular complexity index is 797. The van der Waals surface area contributed by atoms with E-state index >= 15 is 0 Å². The molecule has 7 heteroatoms. The van der Waals surface area contributed by atoms with Crippen molar-refractivity contribution < 1.29 is 19.0 Å². The highest BCUT2D eigenvalue weighted by molar-refractivity contribution is 5.59. The molecule has 0 fully saturated rings. The van der Waals surface area contributed by atoms with Gasteiger partial charge in [0.1, 0.15) is 34.5 Å². The molecule has 3 aromatic rings. The van der Waals surface area contributed by atoms with Crippen molar-refractivity contribution in [2.45, 2.75) is 0 Å². The van der Waals surface area contributed by atoms with Crippen LogP contribution in [0.1, 0.15) is 0 Å². The molecule has 2 N–H and O–H groups in total. The first-order valence-corrected chi connectivity index (χ1v) is 5.94. The number of phenolic OH excluding ortho intramolecular Hbond substituents is 2. The zero-order valence-electron chi connectivity index (χ0n) is 10.5. The van der Waals surface area contributed by atoms with Crippen LogP contribution in [-0.2, 0) is 0 Å². The highest BCUT2D eigenvalue weighted by Crippen LogP contribution is 2.27. The highest BCUT2D eigenvalue weighted by atomic mass is 19.1. The summed E-state index contributed by atoms with van der Waals surface area (Å²) in [6, 6.07) is 6.92. The predicted octanol–water partition coefficient (Wildman–Crippen LogP) is 2.62. The van der Waals surface area contributed by atoms with Crippen LogP contribution in [0.2, 0.25) is 0 Å². The molecule has 0 unspecified atom stereocenters. The van der Waals surface area contributed by atoms with Crippen LogP contribution in [0, 0.1) is 11.6 Å². The van der Waals surface area contributed by atoms with E-state index in [9.17, 15) is 19.0 Å². The van der Waals surface area contributed by atoms with Gasteiger partial charge in [-0.3, -0.25) is 0 Å². The lowest BCUT2D eigenvalue weighted by Crippen LogP contribution is -1.95. The largest absolute Gasteiger partial charge is 0.508 e. The molecule has 0 atom stereocenters. The van der Waals surface area contributed by atoms with E-state index in [4.69, 9.17) is 0 Å². The molecule has 0 saturated heterocycles. The van der Waals surface area contributed by atoms with Gasteiger partial charge in [-0.05, 0) is 24.3 Å². The number of aromatic nitrogens is 3. The van der Waals surface area contributed by atoms with Crippen molar-refractivity contribution in [1.82, 2.24) is 15.0 Å². The van der Waals surface area contributed by atoms with Crippen molar-refractivity contribution in [2.24, 2.45) is 0 Å². The first kappa shape index (κ1) is 13.0. The van der Waals surface area contributed by atoms with Gasteiger partial charge in [-0.1, -0.05) is 5.21 Å². The van der Waals surface area contributed by atoms with Crippen molar-refractivity contribution >= 4 is 0 Å². The maximum atomic E-state index is 13.2. The SMILES string of the molecule is Oc1ccc(O)c(-n2cc(-c3cc(F)cc(F)c3)nn2)c1. The third-order valence-electron chi connectivity index (χ3n) is 2.86. The monoisotopic (exact) mass is 289 g/mol. The topological polar surface area (TPSA) is 71.2 Å². The van der Waals surface area contributed by atoms with Crippen molar-refractivity contribution in [1.29, 1.82) is 0 Å². The summed E-state index contributed by atoms with van der Waals surface area (Å²) in [6.07, 6.45) is 1.39. The third kappa shape index (κ3) is 2.53. The maximum absolute atomic E-state index is 13.2. The molecule has 21 heavy (non-hydrogen) atoms. The van der Waals surface area contributed by atoms with Gasteiger partial charge in [-0.2, -0.15) is 0 Å². The van der Waals surface area contributed by atoms with E-state index in [-0.39, 0.29) is 28.4 Å². The first-order chi connectivity index (χ1) is 10.0. The first-order valence-electron chi connectivity index (χ1n) is 5.94. The summed E-state index contributed by atoms with van der Waals surface area (Å²) in [4.78, 5) is 0. The summed E-state index contributed by atoms with van der Waals surface area (Å²) in [5.74, 6) is -1.62. The molecule has 2 aromatic carbocycles. The van der Waals surface area contributed by atoms with Crippen LogP contribution in [-0.4, -0.2) is 25.2 Å². The van der Waals surface area contributed by atoms with Crippen LogP contribution in [0.5, 0.6) is 11.5 Å². The second-order valence-corrected chi connectivity index (χ2v) is 4.38. The Kier molecular flexibility index (Phi) is 3.02. The number of hydrogen-bond donors (Lipinski definition) is 2. The van der Waals surface area contributed by atoms with Crippen molar-refractivity contribution in [3.05, 3.63) is 54.2 Å². The van der Waals surface area contributed by atoms with Gasteiger partial charge < -0.3 is 10.2 Å². The average molecular weight is 289 g/mol. The van der Waals surface area contributed by atoms with E-state index in [1.165, 1.54) is 29.1 Å². The van der Waals surface area contributed by atoms with E-state index in [1.807, 2.05) is 0 Å². The van der Waals surface area contributed by atoms with Gasteiger partial charge in [0.15, 0.2) is 0 Å². The summed E-state index contributed by atoms with van der Waals surface area (Å²) >= 11 is 0. The summed E-state index contributed by atoms with van der Waals surface area (Å²) in [7, 11) is 0. The minimum absolute atomic E-state index is 0.0587. The molecule has 0 amide bonds. The van der Waals surface area contributed by atoms with Crippen molar-refractivity contribution in [3.8, 4) is 28.4 Å². The standard InChI is InChI=1S/C14H9F2N3O2/c15-9-3-8(4-10(16)5-9)12-7-19(18-17-12)13-6-11(20)1-2-14(13)21/h1-7,20-21H. The summed E-state index contributed by atoms with van der Waals surface area (Å²) in [6.45, 7) is 0. The fourth-order valence-electron chi connectivity index (χ4n) is 1.91. The second-order valence-electron chi connectivity index (χ2n) is 4.38. The van der Waals surface area contributed by atoms with Crippen LogP contribution in [0.4, 0.5) is 8.78 Å². The molecule has 1 heterocycles. The Hall–Kier alpha value is -2.96. The molecule has 0 radical (unpaired) electrons. The Morgan fingerprint density at radius 3 is 2.38 bits per heavy atom. The number of benzene rings is 2. The van der Waals surface area contributed by atoms with Crippen LogP contribution < -0.4 is 0 Å². The van der Waals surface area contributed by atoms with Gasteiger partial charge in [0.05, 0.1) is 6.20 Å². The Morgan fingerprint density at radius 2 is 1.67 bits per heavy atom. The fourth-order valence-corrected chi connectivity index (χ4v) is 1.91. The smallest absolute Gasteiger partial charge is 0.141 e. The van der Waals surface area contributed by atoms with Crippen LogP contribution >= 0.6 is 0 Å². The van der Waals surface area contributed by atoms with Crippen LogP contribution in [0.15, 0.2) is 42.6 Å². The Labute approximate surface area is 117 Å². The van der Waals surface area contributed by atoms with Gasteiger partial charge in [0.2, 0.25) is 0 Å². The zero-order chi connectivity index (χ0) is 15.0. The summed E-state index contributed by atoms with van der Waals surface area (Å²) in [5.41, 5.74) is 0.653. The lowest BCUT2D eigenvalue weighted by atomic mass is 10.1. The van der Waals surface area contributed by atoms with Crippen LogP contribution in [0.25, 0.3) is 16.9 Å². The number of aromatic hydroxyl groups is 2. The molecule has 0 aliphatic rings. The number of phenols is 2. The third-order valence-corrected chi connectivity index (χ3v) is 2.86. The van der Waals surface area contributed by atoms with E-state index in [0.717, 1.165) is 18.2 Å². The normalized spacial score (nSPS) is 10.8. The Morgan fingerprint density at radius 1 is 0.952 bits per heavy atom.